The highest BCUT2D eigenvalue weighted by Gasteiger charge is 2.41. The van der Waals surface area contributed by atoms with Gasteiger partial charge in [-0.3, -0.25) is 14.7 Å². The average Bonchev–Trinajstić information content (AvgIpc) is 3.07. The minimum absolute atomic E-state index is 0.0694. The molecule has 0 aliphatic carbocycles. The van der Waals surface area contributed by atoms with Gasteiger partial charge in [-0.25, -0.2) is 4.39 Å². The van der Waals surface area contributed by atoms with Gasteiger partial charge in [-0.2, -0.15) is 0 Å². The van der Waals surface area contributed by atoms with Gasteiger partial charge in [0.1, 0.15) is 11.6 Å². The molecule has 8 heteroatoms. The number of likely N-dealkylation sites (N-methyl/N-ethyl adjacent to an activating group) is 1. The van der Waals surface area contributed by atoms with E-state index in [1.807, 2.05) is 21.6 Å². The molecule has 5 heterocycles. The lowest BCUT2D eigenvalue weighted by Gasteiger charge is -2.49. The minimum atomic E-state index is -0.549. The molecule has 2 N–H and O–H groups in total. The van der Waals surface area contributed by atoms with Crippen molar-refractivity contribution in [2.75, 3.05) is 25.2 Å². The zero-order valence-corrected chi connectivity index (χ0v) is 16.3. The number of anilines is 1. The molecule has 29 heavy (non-hydrogen) atoms. The molecule has 2 bridgehead atoms. The number of carbonyl (C=O) groups excluding carboxylic acids is 1. The van der Waals surface area contributed by atoms with E-state index >= 15 is 0 Å². The number of fused-ring (bicyclic) bond motifs is 3. The molecule has 2 aromatic heterocycles. The Morgan fingerprint density at radius 1 is 1.28 bits per heavy atom. The van der Waals surface area contributed by atoms with E-state index in [0.29, 0.717) is 36.4 Å². The van der Waals surface area contributed by atoms with Crippen molar-refractivity contribution in [1.82, 2.24) is 14.5 Å². The summed E-state index contributed by atoms with van der Waals surface area (Å²) in [6.07, 6.45) is 8.52. The maximum absolute atomic E-state index is 14.7. The molecule has 1 unspecified atom stereocenters. The van der Waals surface area contributed by atoms with Crippen LogP contribution in [0.25, 0.3) is 5.69 Å². The van der Waals surface area contributed by atoms with Crippen LogP contribution in [0.1, 0.15) is 28.8 Å². The molecule has 2 saturated heterocycles. The fourth-order valence-electron chi connectivity index (χ4n) is 4.89. The minimum Gasteiger partial charge on any atom is -0.378 e. The van der Waals surface area contributed by atoms with Crippen LogP contribution in [0.15, 0.2) is 42.8 Å². The maximum Gasteiger partial charge on any atom is 0.250 e. The SMILES string of the molecule is CN1[C@@H]2COC[C@H]1CC(N1C=C(F)Cc3c(C(N)=O)cn(-c4cccnc4)c31)C2. The number of rotatable bonds is 3. The summed E-state index contributed by atoms with van der Waals surface area (Å²) in [5.41, 5.74) is 7.45. The second kappa shape index (κ2) is 6.96. The first kappa shape index (κ1) is 18.3. The topological polar surface area (TPSA) is 76.6 Å². The van der Waals surface area contributed by atoms with E-state index in [2.05, 4.69) is 16.9 Å². The Hall–Kier alpha value is -2.71. The highest BCUT2D eigenvalue weighted by Crippen LogP contribution is 2.40. The van der Waals surface area contributed by atoms with Crippen LogP contribution in [0.4, 0.5) is 10.2 Å². The third kappa shape index (κ3) is 3.03. The Bertz CT molecular complexity index is 959. The molecule has 5 rings (SSSR count). The number of nitrogens with two attached hydrogens (primary N) is 1. The van der Waals surface area contributed by atoms with Crippen molar-refractivity contribution in [3.8, 4) is 5.69 Å². The summed E-state index contributed by atoms with van der Waals surface area (Å²) in [5, 5.41) is 0. The lowest BCUT2D eigenvalue weighted by Crippen LogP contribution is -2.59. The van der Waals surface area contributed by atoms with Crippen molar-refractivity contribution in [2.24, 2.45) is 5.73 Å². The van der Waals surface area contributed by atoms with Gasteiger partial charge in [-0.15, -0.1) is 0 Å². The van der Waals surface area contributed by atoms with Gasteiger partial charge in [0.15, 0.2) is 0 Å². The number of ether oxygens (including phenoxy) is 1. The van der Waals surface area contributed by atoms with Crippen LogP contribution in [0, 0.1) is 0 Å². The third-order valence-electron chi connectivity index (χ3n) is 6.39. The Balaban J connectivity index is 1.62. The molecule has 3 atom stereocenters. The molecule has 152 valence electrons. The quantitative estimate of drug-likeness (QED) is 0.857. The van der Waals surface area contributed by atoms with Crippen molar-refractivity contribution < 1.29 is 13.9 Å². The number of allylic oxidation sites excluding steroid dienone is 1. The van der Waals surface area contributed by atoms with E-state index in [9.17, 15) is 9.18 Å². The van der Waals surface area contributed by atoms with Gasteiger partial charge >= 0.3 is 0 Å². The molecule has 7 nitrogen and oxygen atoms in total. The van der Waals surface area contributed by atoms with E-state index in [4.69, 9.17) is 10.5 Å². The van der Waals surface area contributed by atoms with Gasteiger partial charge in [-0.1, -0.05) is 0 Å². The standard InChI is InChI=1S/C21H24FN5O2/c1-25-16-6-15(7-17(25)12-29-11-16)26-9-13(22)5-18-19(20(23)28)10-27(21(18)26)14-3-2-4-24-8-14/h2-4,8-10,15-17H,5-7,11-12H2,1H3,(H2,23,28)/t15?,16-,17+. The van der Waals surface area contributed by atoms with Crippen molar-refractivity contribution in [2.45, 2.75) is 37.4 Å². The molecule has 0 aromatic carbocycles. The average molecular weight is 397 g/mol. The van der Waals surface area contributed by atoms with Crippen molar-refractivity contribution in [1.29, 1.82) is 0 Å². The summed E-state index contributed by atoms with van der Waals surface area (Å²) in [6, 6.07) is 4.47. The lowest BCUT2D eigenvalue weighted by molar-refractivity contribution is -0.0645. The molecule has 3 aliphatic heterocycles. The number of piperidine rings is 1. The van der Waals surface area contributed by atoms with Crippen molar-refractivity contribution in [3.63, 3.8) is 0 Å². The normalized spacial score (nSPS) is 26.8. The van der Waals surface area contributed by atoms with E-state index in [-0.39, 0.29) is 18.3 Å². The van der Waals surface area contributed by atoms with Crippen LogP contribution in [0.3, 0.4) is 0 Å². The molecule has 0 spiro atoms. The fraction of sp³-hybridized carbons (Fsp3) is 0.429. The first-order chi connectivity index (χ1) is 14.0. The Morgan fingerprint density at radius 3 is 2.69 bits per heavy atom. The number of hydrogen-bond acceptors (Lipinski definition) is 5. The molecule has 1 amide bonds. The zero-order chi connectivity index (χ0) is 20.1. The number of aromatic nitrogens is 2. The van der Waals surface area contributed by atoms with Crippen LogP contribution in [0.2, 0.25) is 0 Å². The van der Waals surface area contributed by atoms with Gasteiger partial charge < -0.3 is 19.9 Å². The van der Waals surface area contributed by atoms with Gasteiger partial charge in [0, 0.05) is 48.7 Å². The van der Waals surface area contributed by atoms with Crippen LogP contribution in [0.5, 0.6) is 0 Å². The summed E-state index contributed by atoms with van der Waals surface area (Å²) in [7, 11) is 2.13. The fourth-order valence-corrected chi connectivity index (χ4v) is 4.89. The number of hydrogen-bond donors (Lipinski definition) is 1. The predicted octanol–water partition coefficient (Wildman–Crippen LogP) is 2.01. The number of amides is 1. The second-order valence-electron chi connectivity index (χ2n) is 8.09. The Morgan fingerprint density at radius 2 is 2.03 bits per heavy atom. The Labute approximate surface area is 168 Å². The number of morpholine rings is 1. The van der Waals surface area contributed by atoms with Crippen LogP contribution in [-0.4, -0.2) is 58.7 Å². The first-order valence-corrected chi connectivity index (χ1v) is 9.91. The summed E-state index contributed by atoms with van der Waals surface area (Å²) >= 11 is 0. The molecule has 3 aliphatic rings. The van der Waals surface area contributed by atoms with E-state index in [0.717, 1.165) is 24.3 Å². The number of primary amides is 1. The number of carbonyl (C=O) groups is 1. The number of pyridine rings is 1. The monoisotopic (exact) mass is 397 g/mol. The predicted molar refractivity (Wildman–Crippen MR) is 107 cm³/mol. The van der Waals surface area contributed by atoms with Crippen molar-refractivity contribution >= 4 is 11.7 Å². The van der Waals surface area contributed by atoms with E-state index in [1.165, 1.54) is 0 Å². The molecule has 2 aromatic rings. The van der Waals surface area contributed by atoms with Gasteiger partial charge in [0.05, 0.1) is 30.7 Å². The lowest BCUT2D eigenvalue weighted by atomic mass is 9.89. The maximum atomic E-state index is 14.7. The van der Waals surface area contributed by atoms with Gasteiger partial charge in [0.2, 0.25) is 0 Å². The number of halogens is 1. The van der Waals surface area contributed by atoms with Crippen molar-refractivity contribution in [3.05, 3.63) is 53.9 Å². The van der Waals surface area contributed by atoms with Crippen LogP contribution >= 0.6 is 0 Å². The van der Waals surface area contributed by atoms with Gasteiger partial charge in [0.25, 0.3) is 5.91 Å². The largest absolute Gasteiger partial charge is 0.378 e. The Kier molecular flexibility index (Phi) is 4.40. The summed E-state index contributed by atoms with van der Waals surface area (Å²) in [5.74, 6) is -0.00166. The van der Waals surface area contributed by atoms with E-state index < -0.39 is 5.91 Å². The number of nitrogens with zero attached hydrogens (tertiary/aromatic N) is 4. The zero-order valence-electron chi connectivity index (χ0n) is 16.3. The highest BCUT2D eigenvalue weighted by molar-refractivity contribution is 5.96. The second-order valence-corrected chi connectivity index (χ2v) is 8.09. The molecular weight excluding hydrogens is 373 g/mol. The summed E-state index contributed by atoms with van der Waals surface area (Å²) in [6.45, 7) is 1.37. The van der Waals surface area contributed by atoms with E-state index in [1.54, 1.807) is 24.8 Å². The van der Waals surface area contributed by atoms with Gasteiger partial charge in [-0.05, 0) is 32.0 Å². The molecule has 2 fully saturated rings. The summed E-state index contributed by atoms with van der Waals surface area (Å²) < 4.78 is 22.4. The highest BCUT2D eigenvalue weighted by atomic mass is 19.1. The molecule has 0 saturated carbocycles. The molecular formula is C21H24FN5O2. The first-order valence-electron chi connectivity index (χ1n) is 9.91. The molecule has 0 radical (unpaired) electrons. The smallest absolute Gasteiger partial charge is 0.250 e. The van der Waals surface area contributed by atoms with Crippen LogP contribution in [-0.2, 0) is 11.2 Å². The third-order valence-corrected chi connectivity index (χ3v) is 6.39. The summed E-state index contributed by atoms with van der Waals surface area (Å²) in [4.78, 5) is 20.7. The van der Waals surface area contributed by atoms with Crippen LogP contribution < -0.4 is 10.6 Å².